The van der Waals surface area contributed by atoms with Gasteiger partial charge in [0.1, 0.15) is 5.75 Å². The summed E-state index contributed by atoms with van der Waals surface area (Å²) in [4.78, 5) is 15.8. The van der Waals surface area contributed by atoms with E-state index in [1.807, 2.05) is 18.2 Å². The maximum atomic E-state index is 13.3. The Morgan fingerprint density at radius 2 is 1.87 bits per heavy atom. The van der Waals surface area contributed by atoms with Gasteiger partial charge in [-0.1, -0.05) is 42.5 Å². The van der Waals surface area contributed by atoms with Crippen molar-refractivity contribution >= 4 is 5.91 Å². The third-order valence-electron chi connectivity index (χ3n) is 6.73. The van der Waals surface area contributed by atoms with E-state index in [9.17, 15) is 4.79 Å². The van der Waals surface area contributed by atoms with Crippen LogP contribution < -0.4 is 10.1 Å². The van der Waals surface area contributed by atoms with Crippen LogP contribution in [0, 0.1) is 5.41 Å². The number of benzene rings is 2. The number of carbonyl (C=O) groups is 1. The first-order valence-electron chi connectivity index (χ1n) is 11.5. The molecule has 2 saturated heterocycles. The minimum Gasteiger partial charge on any atom is -0.496 e. The monoisotopic (exact) mass is 422 g/mol. The number of rotatable bonds is 8. The van der Waals surface area contributed by atoms with Gasteiger partial charge in [-0.15, -0.1) is 0 Å². The summed E-state index contributed by atoms with van der Waals surface area (Å²) >= 11 is 0. The lowest BCUT2D eigenvalue weighted by Crippen LogP contribution is -2.47. The zero-order chi connectivity index (χ0) is 21.5. The first kappa shape index (κ1) is 21.8. The SMILES string of the molecule is COc1ccccc1-c1cccc(CC2(C(=O)NCCN3CCCC3)CCOCC2)c1. The second kappa shape index (κ2) is 10.3. The van der Waals surface area contributed by atoms with Gasteiger partial charge < -0.3 is 19.7 Å². The molecule has 5 heteroatoms. The van der Waals surface area contributed by atoms with Crippen molar-refractivity contribution in [2.75, 3.05) is 46.5 Å². The molecule has 2 aromatic rings. The molecule has 0 radical (unpaired) electrons. The van der Waals surface area contributed by atoms with Gasteiger partial charge in [-0.3, -0.25) is 4.79 Å². The predicted molar refractivity (Wildman–Crippen MR) is 123 cm³/mol. The average Bonchev–Trinajstić information content (AvgIpc) is 3.33. The molecule has 0 atom stereocenters. The van der Waals surface area contributed by atoms with Crippen molar-refractivity contribution in [2.45, 2.75) is 32.1 Å². The summed E-state index contributed by atoms with van der Waals surface area (Å²) in [6.07, 6.45) is 4.81. The normalized spacial score (nSPS) is 18.6. The molecule has 0 saturated carbocycles. The van der Waals surface area contributed by atoms with E-state index < -0.39 is 5.41 Å². The molecule has 31 heavy (non-hydrogen) atoms. The molecule has 0 bridgehead atoms. The van der Waals surface area contributed by atoms with Gasteiger partial charge in [-0.2, -0.15) is 0 Å². The summed E-state index contributed by atoms with van der Waals surface area (Å²) in [5.74, 6) is 1.04. The summed E-state index contributed by atoms with van der Waals surface area (Å²) in [6, 6.07) is 16.6. The highest BCUT2D eigenvalue weighted by Gasteiger charge is 2.40. The zero-order valence-electron chi connectivity index (χ0n) is 18.6. The Balaban J connectivity index is 1.49. The van der Waals surface area contributed by atoms with E-state index >= 15 is 0 Å². The van der Waals surface area contributed by atoms with Gasteiger partial charge in [-0.25, -0.2) is 0 Å². The minimum atomic E-state index is -0.400. The number of ether oxygens (including phenoxy) is 2. The summed E-state index contributed by atoms with van der Waals surface area (Å²) in [5, 5.41) is 3.25. The molecule has 0 spiro atoms. The van der Waals surface area contributed by atoms with Gasteiger partial charge in [0, 0.05) is 31.9 Å². The fourth-order valence-corrected chi connectivity index (χ4v) is 4.89. The van der Waals surface area contributed by atoms with Crippen LogP contribution >= 0.6 is 0 Å². The van der Waals surface area contributed by atoms with Gasteiger partial charge in [-0.05, 0) is 62.4 Å². The molecule has 0 aromatic heterocycles. The number of hydrogen-bond acceptors (Lipinski definition) is 4. The van der Waals surface area contributed by atoms with Gasteiger partial charge in [0.05, 0.1) is 12.5 Å². The van der Waals surface area contributed by atoms with Crippen molar-refractivity contribution in [2.24, 2.45) is 5.41 Å². The van der Waals surface area contributed by atoms with Crippen LogP contribution in [0.2, 0.25) is 0 Å². The fraction of sp³-hybridized carbons (Fsp3) is 0.500. The van der Waals surface area contributed by atoms with Crippen LogP contribution in [-0.4, -0.2) is 57.3 Å². The van der Waals surface area contributed by atoms with E-state index in [0.29, 0.717) is 13.2 Å². The van der Waals surface area contributed by atoms with Crippen molar-refractivity contribution in [1.82, 2.24) is 10.2 Å². The first-order chi connectivity index (χ1) is 15.2. The maximum absolute atomic E-state index is 13.3. The number of nitrogens with one attached hydrogen (secondary N) is 1. The van der Waals surface area contributed by atoms with Crippen LogP contribution in [0.25, 0.3) is 11.1 Å². The number of amides is 1. The number of hydrogen-bond donors (Lipinski definition) is 1. The van der Waals surface area contributed by atoms with E-state index in [0.717, 1.165) is 62.3 Å². The maximum Gasteiger partial charge on any atom is 0.226 e. The lowest BCUT2D eigenvalue weighted by atomic mass is 9.74. The molecule has 1 N–H and O–H groups in total. The Morgan fingerprint density at radius 3 is 2.65 bits per heavy atom. The van der Waals surface area contributed by atoms with Gasteiger partial charge >= 0.3 is 0 Å². The van der Waals surface area contributed by atoms with Crippen molar-refractivity contribution < 1.29 is 14.3 Å². The third-order valence-corrected chi connectivity index (χ3v) is 6.73. The zero-order valence-corrected chi connectivity index (χ0v) is 18.6. The predicted octanol–water partition coefficient (Wildman–Crippen LogP) is 3.91. The molecule has 2 fully saturated rings. The molecule has 0 unspecified atom stereocenters. The number of likely N-dealkylation sites (tertiary alicyclic amines) is 1. The Morgan fingerprint density at radius 1 is 1.10 bits per heavy atom. The molecule has 5 nitrogen and oxygen atoms in total. The van der Waals surface area contributed by atoms with E-state index in [1.54, 1.807) is 7.11 Å². The van der Waals surface area contributed by atoms with Crippen molar-refractivity contribution in [3.05, 3.63) is 54.1 Å². The molecular formula is C26H34N2O3. The Labute approximate surface area is 185 Å². The standard InChI is InChI=1S/C26H34N2O3/c1-30-24-10-3-2-9-23(24)22-8-6-7-21(19-22)20-26(11-17-31-18-12-26)25(29)27-13-16-28-14-4-5-15-28/h2-3,6-10,19H,4-5,11-18,20H2,1H3,(H,27,29). The number of carbonyl (C=O) groups excluding carboxylic acids is 1. The largest absolute Gasteiger partial charge is 0.496 e. The molecule has 2 aliphatic rings. The topological polar surface area (TPSA) is 50.8 Å². The molecular weight excluding hydrogens is 388 g/mol. The van der Waals surface area contributed by atoms with Gasteiger partial charge in [0.25, 0.3) is 0 Å². The summed E-state index contributed by atoms with van der Waals surface area (Å²) in [6.45, 7) is 5.27. The highest BCUT2D eigenvalue weighted by Crippen LogP contribution is 2.36. The quantitative estimate of drug-likeness (QED) is 0.701. The minimum absolute atomic E-state index is 0.178. The summed E-state index contributed by atoms with van der Waals surface area (Å²) < 4.78 is 11.2. The van der Waals surface area contributed by atoms with Crippen molar-refractivity contribution in [3.63, 3.8) is 0 Å². The Hall–Kier alpha value is -2.37. The Bertz CT molecular complexity index is 870. The fourth-order valence-electron chi connectivity index (χ4n) is 4.89. The van der Waals surface area contributed by atoms with Crippen LogP contribution in [0.15, 0.2) is 48.5 Å². The van der Waals surface area contributed by atoms with E-state index in [4.69, 9.17) is 9.47 Å². The summed E-state index contributed by atoms with van der Waals surface area (Å²) in [7, 11) is 1.70. The lowest BCUT2D eigenvalue weighted by Gasteiger charge is -2.36. The molecule has 2 aromatic carbocycles. The Kier molecular flexibility index (Phi) is 7.25. The number of nitrogens with zero attached hydrogens (tertiary/aromatic N) is 1. The molecule has 4 rings (SSSR count). The van der Waals surface area contributed by atoms with E-state index in [-0.39, 0.29) is 5.91 Å². The van der Waals surface area contributed by atoms with Crippen LogP contribution in [0.1, 0.15) is 31.2 Å². The van der Waals surface area contributed by atoms with Crippen LogP contribution in [0.4, 0.5) is 0 Å². The van der Waals surface area contributed by atoms with Crippen LogP contribution in [0.5, 0.6) is 5.75 Å². The van der Waals surface area contributed by atoms with Gasteiger partial charge in [0.2, 0.25) is 5.91 Å². The molecule has 0 aliphatic carbocycles. The van der Waals surface area contributed by atoms with Crippen molar-refractivity contribution in [1.29, 1.82) is 0 Å². The van der Waals surface area contributed by atoms with Crippen LogP contribution in [0.3, 0.4) is 0 Å². The van der Waals surface area contributed by atoms with Crippen LogP contribution in [-0.2, 0) is 16.0 Å². The third kappa shape index (κ3) is 5.28. The number of methoxy groups -OCH3 is 1. The summed E-state index contributed by atoms with van der Waals surface area (Å²) in [5.41, 5.74) is 2.97. The molecule has 2 heterocycles. The lowest BCUT2D eigenvalue weighted by molar-refractivity contribution is -0.136. The molecule has 2 aliphatic heterocycles. The highest BCUT2D eigenvalue weighted by atomic mass is 16.5. The molecule has 166 valence electrons. The molecule has 1 amide bonds. The second-order valence-corrected chi connectivity index (χ2v) is 8.77. The van der Waals surface area contributed by atoms with E-state index in [1.165, 1.54) is 18.4 Å². The average molecular weight is 423 g/mol. The highest BCUT2D eigenvalue weighted by molar-refractivity contribution is 5.83. The van der Waals surface area contributed by atoms with Crippen molar-refractivity contribution in [3.8, 4) is 16.9 Å². The van der Waals surface area contributed by atoms with Gasteiger partial charge in [0.15, 0.2) is 0 Å². The second-order valence-electron chi connectivity index (χ2n) is 8.77. The van der Waals surface area contributed by atoms with E-state index in [2.05, 4.69) is 40.5 Å². The first-order valence-corrected chi connectivity index (χ1v) is 11.5. The number of para-hydroxylation sites is 1. The smallest absolute Gasteiger partial charge is 0.226 e.